The van der Waals surface area contributed by atoms with E-state index in [-0.39, 0.29) is 0 Å². The predicted molar refractivity (Wildman–Crippen MR) is 75.9 cm³/mol. The molecule has 1 aliphatic rings. The van der Waals surface area contributed by atoms with Crippen LogP contribution >= 0.6 is 0 Å². The average Bonchev–Trinajstić information content (AvgIpc) is 2.73. The van der Waals surface area contributed by atoms with Gasteiger partial charge in [0.05, 0.1) is 0 Å². The van der Waals surface area contributed by atoms with Crippen LogP contribution < -0.4 is 5.32 Å². The zero-order valence-corrected chi connectivity index (χ0v) is 11.8. The van der Waals surface area contributed by atoms with Crippen molar-refractivity contribution in [2.45, 2.75) is 53.0 Å². The molecule has 1 aliphatic carbocycles. The van der Waals surface area contributed by atoms with Gasteiger partial charge in [-0.1, -0.05) is 31.9 Å². The number of aromatic hydroxyl groups is 1. The highest BCUT2D eigenvalue weighted by Gasteiger charge is 2.27. The third kappa shape index (κ3) is 3.05. The van der Waals surface area contributed by atoms with Crippen molar-refractivity contribution < 1.29 is 5.11 Å². The molecule has 0 heterocycles. The lowest BCUT2D eigenvalue weighted by molar-refractivity contribution is 0.314. The third-order valence-corrected chi connectivity index (χ3v) is 4.24. The predicted octanol–water partition coefficient (Wildman–Crippen LogP) is 3.68. The molecule has 2 heteroatoms. The summed E-state index contributed by atoms with van der Waals surface area (Å²) in [7, 11) is 0. The smallest absolute Gasteiger partial charge is 0.121 e. The topological polar surface area (TPSA) is 32.3 Å². The van der Waals surface area contributed by atoms with E-state index in [1.54, 1.807) is 0 Å². The van der Waals surface area contributed by atoms with Crippen molar-refractivity contribution in [1.29, 1.82) is 0 Å². The highest BCUT2D eigenvalue weighted by atomic mass is 16.3. The Morgan fingerprint density at radius 3 is 2.28 bits per heavy atom. The first-order valence-corrected chi connectivity index (χ1v) is 7.00. The summed E-state index contributed by atoms with van der Waals surface area (Å²) in [5.74, 6) is 0.432. The van der Waals surface area contributed by atoms with Crippen LogP contribution in [-0.2, 0) is 6.54 Å². The van der Waals surface area contributed by atoms with Gasteiger partial charge in [0.25, 0.3) is 0 Å². The van der Waals surface area contributed by atoms with Crippen LogP contribution in [0.1, 0.15) is 49.3 Å². The normalized spacial score (nSPS) is 18.2. The first-order chi connectivity index (χ1) is 8.50. The maximum Gasteiger partial charge on any atom is 0.121 e. The van der Waals surface area contributed by atoms with Gasteiger partial charge in [-0.25, -0.2) is 0 Å². The molecule has 0 amide bonds. The number of aryl methyl sites for hydroxylation is 2. The monoisotopic (exact) mass is 247 g/mol. The average molecular weight is 247 g/mol. The number of nitrogens with one attached hydrogen (secondary N) is 1. The van der Waals surface area contributed by atoms with Crippen molar-refractivity contribution in [3.05, 3.63) is 28.8 Å². The second kappa shape index (κ2) is 5.31. The summed E-state index contributed by atoms with van der Waals surface area (Å²) in [5, 5.41) is 13.3. The van der Waals surface area contributed by atoms with Gasteiger partial charge in [0.1, 0.15) is 5.75 Å². The molecular weight excluding hydrogens is 222 g/mol. The van der Waals surface area contributed by atoms with E-state index in [0.717, 1.165) is 24.2 Å². The molecule has 2 N–H and O–H groups in total. The van der Waals surface area contributed by atoms with Crippen LogP contribution in [0.5, 0.6) is 5.75 Å². The number of phenolic OH excluding ortho intramolecular Hbond substituents is 1. The second-order valence-electron chi connectivity index (χ2n) is 6.20. The number of hydrogen-bond acceptors (Lipinski definition) is 2. The number of rotatable bonds is 4. The Balaban J connectivity index is 1.90. The summed E-state index contributed by atoms with van der Waals surface area (Å²) >= 11 is 0. The minimum atomic E-state index is 0.432. The maximum absolute atomic E-state index is 9.75. The van der Waals surface area contributed by atoms with Crippen molar-refractivity contribution in [2.75, 3.05) is 6.54 Å². The molecular formula is C16H25NO. The summed E-state index contributed by atoms with van der Waals surface area (Å²) in [4.78, 5) is 0. The lowest BCUT2D eigenvalue weighted by Crippen LogP contribution is -2.29. The van der Waals surface area contributed by atoms with E-state index >= 15 is 0 Å². The van der Waals surface area contributed by atoms with Gasteiger partial charge in [-0.2, -0.15) is 0 Å². The van der Waals surface area contributed by atoms with E-state index in [2.05, 4.69) is 24.4 Å². The quantitative estimate of drug-likeness (QED) is 0.850. The molecule has 100 valence electrons. The summed E-state index contributed by atoms with van der Waals surface area (Å²) in [6.07, 6.45) is 5.48. The Morgan fingerprint density at radius 1 is 1.17 bits per heavy atom. The van der Waals surface area contributed by atoms with Crippen LogP contribution in [-0.4, -0.2) is 11.7 Å². The van der Waals surface area contributed by atoms with Gasteiger partial charge >= 0.3 is 0 Å². The first kappa shape index (κ1) is 13.4. The Kier molecular flexibility index (Phi) is 3.96. The van der Waals surface area contributed by atoms with Crippen LogP contribution in [0.4, 0.5) is 0 Å². The highest BCUT2D eigenvalue weighted by Crippen LogP contribution is 2.36. The van der Waals surface area contributed by atoms with Crippen LogP contribution in [0.25, 0.3) is 0 Å². The van der Waals surface area contributed by atoms with Crippen LogP contribution in [0.2, 0.25) is 0 Å². The van der Waals surface area contributed by atoms with Crippen LogP contribution in [0, 0.1) is 19.3 Å². The van der Waals surface area contributed by atoms with E-state index in [1.165, 1.54) is 31.2 Å². The molecule has 0 aliphatic heterocycles. The van der Waals surface area contributed by atoms with Gasteiger partial charge in [-0.15, -0.1) is 0 Å². The molecule has 1 aromatic rings. The second-order valence-corrected chi connectivity index (χ2v) is 6.20. The minimum Gasteiger partial charge on any atom is -0.507 e. The van der Waals surface area contributed by atoms with Gasteiger partial charge in [0.15, 0.2) is 0 Å². The number of phenols is 1. The molecule has 0 saturated heterocycles. The fraction of sp³-hybridized carbons (Fsp3) is 0.625. The molecule has 0 unspecified atom stereocenters. The summed E-state index contributed by atoms with van der Waals surface area (Å²) in [5.41, 5.74) is 3.71. The Bertz CT molecular complexity index is 396. The van der Waals surface area contributed by atoms with E-state index in [9.17, 15) is 5.11 Å². The SMILES string of the molecule is Cc1cc(CNCC2(C)CCCC2)cc(C)c1O. The fourth-order valence-electron chi connectivity index (χ4n) is 3.06. The van der Waals surface area contributed by atoms with Crippen molar-refractivity contribution in [3.63, 3.8) is 0 Å². The lowest BCUT2D eigenvalue weighted by Gasteiger charge is -2.24. The molecule has 18 heavy (non-hydrogen) atoms. The van der Waals surface area contributed by atoms with Gasteiger partial charge in [-0.05, 0) is 48.8 Å². The molecule has 2 nitrogen and oxygen atoms in total. The standard InChI is InChI=1S/C16H25NO/c1-12-8-14(9-13(2)15(12)18)10-17-11-16(3)6-4-5-7-16/h8-9,17-18H,4-7,10-11H2,1-3H3. The van der Waals surface area contributed by atoms with Gasteiger partial charge in [-0.3, -0.25) is 0 Å². The number of hydrogen-bond donors (Lipinski definition) is 2. The first-order valence-electron chi connectivity index (χ1n) is 7.00. The zero-order valence-electron chi connectivity index (χ0n) is 11.8. The van der Waals surface area contributed by atoms with E-state index < -0.39 is 0 Å². The number of benzene rings is 1. The molecule has 1 aromatic carbocycles. The maximum atomic E-state index is 9.75. The molecule has 0 radical (unpaired) electrons. The molecule has 0 spiro atoms. The Hall–Kier alpha value is -1.02. The zero-order chi connectivity index (χ0) is 13.2. The van der Waals surface area contributed by atoms with E-state index in [4.69, 9.17) is 0 Å². The van der Waals surface area contributed by atoms with Crippen molar-refractivity contribution in [3.8, 4) is 5.75 Å². The molecule has 0 aromatic heterocycles. The van der Waals surface area contributed by atoms with Gasteiger partial charge in [0.2, 0.25) is 0 Å². The van der Waals surface area contributed by atoms with Crippen LogP contribution in [0.3, 0.4) is 0 Å². The fourth-order valence-corrected chi connectivity index (χ4v) is 3.06. The molecule has 0 bridgehead atoms. The Labute approximate surface area is 110 Å². The van der Waals surface area contributed by atoms with Crippen molar-refractivity contribution in [1.82, 2.24) is 5.32 Å². The molecule has 1 fully saturated rings. The van der Waals surface area contributed by atoms with Crippen LogP contribution in [0.15, 0.2) is 12.1 Å². The van der Waals surface area contributed by atoms with Gasteiger partial charge < -0.3 is 10.4 Å². The minimum absolute atomic E-state index is 0.432. The summed E-state index contributed by atoms with van der Waals surface area (Å²) in [6, 6.07) is 4.15. The summed E-state index contributed by atoms with van der Waals surface area (Å²) < 4.78 is 0. The largest absolute Gasteiger partial charge is 0.507 e. The highest BCUT2D eigenvalue weighted by molar-refractivity contribution is 5.42. The third-order valence-electron chi connectivity index (χ3n) is 4.24. The lowest BCUT2D eigenvalue weighted by atomic mass is 9.89. The molecule has 0 atom stereocenters. The van der Waals surface area contributed by atoms with Gasteiger partial charge in [0, 0.05) is 13.1 Å². The Morgan fingerprint density at radius 2 is 1.72 bits per heavy atom. The van der Waals surface area contributed by atoms with Crippen molar-refractivity contribution in [2.24, 2.45) is 5.41 Å². The van der Waals surface area contributed by atoms with E-state index in [1.807, 2.05) is 13.8 Å². The molecule has 1 saturated carbocycles. The molecule has 2 rings (SSSR count). The van der Waals surface area contributed by atoms with Crippen molar-refractivity contribution >= 4 is 0 Å². The summed E-state index contributed by atoms with van der Waals surface area (Å²) in [6.45, 7) is 8.32. The van der Waals surface area contributed by atoms with E-state index in [0.29, 0.717) is 11.2 Å².